The molecule has 7 heteroatoms. The third kappa shape index (κ3) is 2.65. The van der Waals surface area contributed by atoms with Crippen LogP contribution in [-0.4, -0.2) is 63.2 Å². The van der Waals surface area contributed by atoms with Crippen molar-refractivity contribution in [2.45, 2.75) is 18.7 Å². The number of ether oxygens (including phenoxy) is 1. The van der Waals surface area contributed by atoms with E-state index in [1.807, 2.05) is 0 Å². The summed E-state index contributed by atoms with van der Waals surface area (Å²) in [6, 6.07) is 11.0. The van der Waals surface area contributed by atoms with Gasteiger partial charge in [-0.1, -0.05) is 30.3 Å². The van der Waals surface area contributed by atoms with Crippen LogP contribution in [0.2, 0.25) is 0 Å². The molecular formula is C18H20N6O. The molecule has 0 aliphatic carbocycles. The Hall–Kier alpha value is -2.51. The van der Waals surface area contributed by atoms with E-state index < -0.39 is 0 Å². The second-order valence-corrected chi connectivity index (χ2v) is 6.64. The minimum Gasteiger partial charge on any atom is -0.373 e. The van der Waals surface area contributed by atoms with Crippen LogP contribution in [0.1, 0.15) is 5.56 Å². The van der Waals surface area contributed by atoms with Crippen LogP contribution in [0.3, 0.4) is 0 Å². The van der Waals surface area contributed by atoms with Gasteiger partial charge in [-0.25, -0.2) is 15.0 Å². The second kappa shape index (κ2) is 6.09. The topological polar surface area (TPSA) is 70.2 Å². The van der Waals surface area contributed by atoms with E-state index in [0.29, 0.717) is 11.7 Å². The first-order valence-electron chi connectivity index (χ1n) is 8.67. The summed E-state index contributed by atoms with van der Waals surface area (Å²) in [5.74, 6) is 0.917. The Morgan fingerprint density at radius 3 is 2.96 bits per heavy atom. The summed E-state index contributed by atoms with van der Waals surface area (Å²) in [5, 5.41) is 0. The molecule has 2 aliphatic heterocycles. The lowest BCUT2D eigenvalue weighted by atomic mass is 10.1. The highest BCUT2D eigenvalue weighted by atomic mass is 16.5. The number of hydrogen-bond donors (Lipinski definition) is 1. The maximum Gasteiger partial charge on any atom is 0.182 e. The van der Waals surface area contributed by atoms with Crippen molar-refractivity contribution < 1.29 is 4.74 Å². The number of H-pyrrole nitrogens is 1. The molecule has 0 amide bonds. The van der Waals surface area contributed by atoms with Gasteiger partial charge in [0, 0.05) is 26.2 Å². The molecule has 2 saturated heterocycles. The van der Waals surface area contributed by atoms with Gasteiger partial charge in [0.05, 0.1) is 25.1 Å². The van der Waals surface area contributed by atoms with E-state index in [1.54, 1.807) is 12.7 Å². The number of aromatic amines is 1. The van der Waals surface area contributed by atoms with Crippen LogP contribution in [-0.2, 0) is 11.3 Å². The van der Waals surface area contributed by atoms with Gasteiger partial charge in [0.2, 0.25) is 0 Å². The van der Waals surface area contributed by atoms with E-state index in [9.17, 15) is 0 Å². The molecule has 25 heavy (non-hydrogen) atoms. The van der Waals surface area contributed by atoms with Gasteiger partial charge < -0.3 is 14.6 Å². The van der Waals surface area contributed by atoms with Crippen LogP contribution in [0, 0.1) is 0 Å². The first-order chi connectivity index (χ1) is 12.4. The molecule has 1 aromatic carbocycles. The van der Waals surface area contributed by atoms with Gasteiger partial charge in [-0.2, -0.15) is 0 Å². The van der Waals surface area contributed by atoms with Crippen LogP contribution in [0.15, 0.2) is 43.0 Å². The number of aromatic nitrogens is 4. The average Bonchev–Trinajstić information content (AvgIpc) is 3.29. The molecule has 128 valence electrons. The molecule has 0 radical (unpaired) electrons. The Bertz CT molecular complexity index is 866. The number of benzene rings is 1. The fourth-order valence-corrected chi connectivity index (χ4v) is 3.94. The summed E-state index contributed by atoms with van der Waals surface area (Å²) in [6.07, 6.45) is 3.47. The van der Waals surface area contributed by atoms with Gasteiger partial charge in [0.15, 0.2) is 11.5 Å². The van der Waals surface area contributed by atoms with Crippen molar-refractivity contribution in [1.29, 1.82) is 0 Å². The second-order valence-electron chi connectivity index (χ2n) is 6.64. The van der Waals surface area contributed by atoms with E-state index in [-0.39, 0.29) is 6.10 Å². The van der Waals surface area contributed by atoms with E-state index in [1.165, 1.54) is 5.56 Å². The fraction of sp³-hybridized carbons (Fsp3) is 0.389. The van der Waals surface area contributed by atoms with Crippen LogP contribution in [0.25, 0.3) is 11.2 Å². The number of rotatable bonds is 3. The zero-order valence-corrected chi connectivity index (χ0v) is 13.9. The Kier molecular flexibility index (Phi) is 3.61. The molecule has 0 bridgehead atoms. The average molecular weight is 336 g/mol. The largest absolute Gasteiger partial charge is 0.373 e. The Balaban J connectivity index is 1.39. The molecule has 0 saturated carbocycles. The highest BCUT2D eigenvalue weighted by molar-refractivity contribution is 5.82. The highest BCUT2D eigenvalue weighted by Gasteiger charge is 2.41. The van der Waals surface area contributed by atoms with E-state index in [2.05, 4.69) is 60.1 Å². The zero-order valence-electron chi connectivity index (χ0n) is 13.9. The predicted molar refractivity (Wildman–Crippen MR) is 94.3 cm³/mol. The molecule has 7 nitrogen and oxygen atoms in total. The Labute approximate surface area is 145 Å². The highest BCUT2D eigenvalue weighted by Crippen LogP contribution is 2.29. The molecule has 0 spiro atoms. The Morgan fingerprint density at radius 1 is 1.12 bits per heavy atom. The molecule has 2 atom stereocenters. The van der Waals surface area contributed by atoms with Crippen LogP contribution in [0.5, 0.6) is 0 Å². The molecule has 1 N–H and O–H groups in total. The van der Waals surface area contributed by atoms with Crippen molar-refractivity contribution >= 4 is 17.0 Å². The smallest absolute Gasteiger partial charge is 0.182 e. The van der Waals surface area contributed by atoms with Crippen LogP contribution < -0.4 is 4.90 Å². The number of morpholine rings is 1. The van der Waals surface area contributed by atoms with E-state index in [0.717, 1.165) is 44.1 Å². The molecule has 2 aromatic heterocycles. The lowest BCUT2D eigenvalue weighted by Crippen LogP contribution is -2.50. The first-order valence-corrected chi connectivity index (χ1v) is 8.67. The summed E-state index contributed by atoms with van der Waals surface area (Å²) in [6.45, 7) is 4.46. The van der Waals surface area contributed by atoms with Crippen molar-refractivity contribution in [2.75, 3.05) is 31.1 Å². The lowest BCUT2D eigenvalue weighted by Gasteiger charge is -2.36. The summed E-state index contributed by atoms with van der Waals surface area (Å²) in [4.78, 5) is 20.9. The molecule has 5 rings (SSSR count). The minimum atomic E-state index is 0.213. The summed E-state index contributed by atoms with van der Waals surface area (Å²) in [5.41, 5.74) is 2.96. The maximum absolute atomic E-state index is 6.06. The van der Waals surface area contributed by atoms with Crippen LogP contribution in [0.4, 0.5) is 5.82 Å². The standard InChI is InChI=1S/C18H20N6O/c1-2-4-13(5-3-1)8-23-6-7-25-15-10-24(9-14(15)23)18-16-17(20-11-19-16)21-12-22-18/h1-5,11-12,14-15H,6-10H2,(H,19,20,21,22)/t14-,15+/m1/s1. The molecule has 2 fully saturated rings. The first kappa shape index (κ1) is 14.8. The predicted octanol–water partition coefficient (Wildman–Crippen LogP) is 1.44. The molecule has 2 aliphatic rings. The lowest BCUT2D eigenvalue weighted by molar-refractivity contribution is -0.0499. The van der Waals surface area contributed by atoms with E-state index in [4.69, 9.17) is 4.74 Å². The third-order valence-electron chi connectivity index (χ3n) is 5.15. The van der Waals surface area contributed by atoms with Crippen molar-refractivity contribution in [2.24, 2.45) is 0 Å². The Morgan fingerprint density at radius 2 is 2.04 bits per heavy atom. The number of fused-ring (bicyclic) bond motifs is 2. The summed E-state index contributed by atoms with van der Waals surface area (Å²) >= 11 is 0. The summed E-state index contributed by atoms with van der Waals surface area (Å²) in [7, 11) is 0. The molecule has 4 heterocycles. The van der Waals surface area contributed by atoms with Crippen molar-refractivity contribution in [3.8, 4) is 0 Å². The van der Waals surface area contributed by atoms with Gasteiger partial charge in [0.1, 0.15) is 11.8 Å². The number of nitrogens with zero attached hydrogens (tertiary/aromatic N) is 5. The van der Waals surface area contributed by atoms with Gasteiger partial charge in [0.25, 0.3) is 0 Å². The number of nitrogens with one attached hydrogen (secondary N) is 1. The number of hydrogen-bond acceptors (Lipinski definition) is 6. The maximum atomic E-state index is 6.06. The van der Waals surface area contributed by atoms with Crippen molar-refractivity contribution in [3.63, 3.8) is 0 Å². The van der Waals surface area contributed by atoms with Gasteiger partial charge >= 0.3 is 0 Å². The zero-order chi connectivity index (χ0) is 16.6. The van der Waals surface area contributed by atoms with Crippen LogP contribution >= 0.6 is 0 Å². The fourth-order valence-electron chi connectivity index (χ4n) is 3.94. The minimum absolute atomic E-state index is 0.213. The monoisotopic (exact) mass is 336 g/mol. The quantitative estimate of drug-likeness (QED) is 0.780. The molecule has 3 aromatic rings. The van der Waals surface area contributed by atoms with Crippen molar-refractivity contribution in [3.05, 3.63) is 48.5 Å². The normalized spacial score (nSPS) is 23.9. The SMILES string of the molecule is c1ccc(CN2CCO[C@H]3CN(c4ncnc5nc[nH]c45)C[C@H]32)cc1. The summed E-state index contributed by atoms with van der Waals surface area (Å²) < 4.78 is 6.06. The molecular weight excluding hydrogens is 316 g/mol. The van der Waals surface area contributed by atoms with Gasteiger partial charge in [-0.3, -0.25) is 4.90 Å². The van der Waals surface area contributed by atoms with Crippen molar-refractivity contribution in [1.82, 2.24) is 24.8 Å². The third-order valence-corrected chi connectivity index (χ3v) is 5.15. The van der Waals surface area contributed by atoms with E-state index >= 15 is 0 Å². The molecule has 0 unspecified atom stereocenters. The number of imidazole rings is 1. The van der Waals surface area contributed by atoms with Gasteiger partial charge in [-0.15, -0.1) is 0 Å². The number of anilines is 1. The van der Waals surface area contributed by atoms with Gasteiger partial charge in [-0.05, 0) is 5.56 Å².